The van der Waals surface area contributed by atoms with Crippen molar-refractivity contribution in [3.8, 4) is 6.07 Å². The number of nitrogens with zero attached hydrogens (tertiary/aromatic N) is 2. The highest BCUT2D eigenvalue weighted by Gasteiger charge is 2.41. The Labute approximate surface area is 117 Å². The second-order valence-electron chi connectivity index (χ2n) is 5.24. The van der Waals surface area contributed by atoms with Crippen LogP contribution >= 0.6 is 0 Å². The number of nitriles is 1. The minimum absolute atomic E-state index is 0.267. The molecule has 0 radical (unpaired) electrons. The van der Waals surface area contributed by atoms with E-state index in [0.717, 1.165) is 6.42 Å². The van der Waals surface area contributed by atoms with Crippen molar-refractivity contribution in [3.05, 3.63) is 29.6 Å². The summed E-state index contributed by atoms with van der Waals surface area (Å²) in [7, 11) is 0. The number of rotatable bonds is 3. The summed E-state index contributed by atoms with van der Waals surface area (Å²) in [5.74, 6) is -1.29. The van der Waals surface area contributed by atoms with E-state index in [0.29, 0.717) is 31.6 Å². The lowest BCUT2D eigenvalue weighted by Crippen LogP contribution is -2.47. The fourth-order valence-corrected chi connectivity index (χ4v) is 2.78. The third-order valence-electron chi connectivity index (χ3n) is 4.12. The Hall–Kier alpha value is -2.09. The van der Waals surface area contributed by atoms with Gasteiger partial charge in [0.05, 0.1) is 22.7 Å². The molecule has 20 heavy (non-hydrogen) atoms. The van der Waals surface area contributed by atoms with Gasteiger partial charge in [0.25, 0.3) is 0 Å². The highest BCUT2D eigenvalue weighted by molar-refractivity contribution is 5.76. The molecule has 2 rings (SSSR count). The van der Waals surface area contributed by atoms with Gasteiger partial charge in [0.15, 0.2) is 0 Å². The highest BCUT2D eigenvalue weighted by atomic mass is 19.1. The molecule has 1 heterocycles. The van der Waals surface area contributed by atoms with Gasteiger partial charge in [-0.1, -0.05) is 6.92 Å². The molecule has 1 saturated heterocycles. The zero-order valence-electron chi connectivity index (χ0n) is 11.4. The Balaban J connectivity index is 2.30. The van der Waals surface area contributed by atoms with Crippen molar-refractivity contribution in [1.29, 1.82) is 5.26 Å². The van der Waals surface area contributed by atoms with Crippen molar-refractivity contribution in [3.63, 3.8) is 0 Å². The third-order valence-corrected chi connectivity index (χ3v) is 4.12. The van der Waals surface area contributed by atoms with Gasteiger partial charge in [-0.25, -0.2) is 4.39 Å². The van der Waals surface area contributed by atoms with Crippen molar-refractivity contribution >= 4 is 11.7 Å². The Morgan fingerprint density at radius 1 is 1.60 bits per heavy atom. The normalized spacial score (nSPS) is 22.4. The maximum Gasteiger partial charge on any atom is 0.311 e. The van der Waals surface area contributed by atoms with E-state index in [4.69, 9.17) is 5.26 Å². The molecule has 1 aromatic carbocycles. The number of hydrogen-bond acceptors (Lipinski definition) is 3. The Kier molecular flexibility index (Phi) is 3.93. The van der Waals surface area contributed by atoms with Crippen LogP contribution in [-0.4, -0.2) is 24.2 Å². The summed E-state index contributed by atoms with van der Waals surface area (Å²) in [4.78, 5) is 13.3. The summed E-state index contributed by atoms with van der Waals surface area (Å²) in [5.41, 5.74) is -0.162. The van der Waals surface area contributed by atoms with Crippen LogP contribution in [0.15, 0.2) is 18.2 Å². The topological polar surface area (TPSA) is 64.3 Å². The van der Waals surface area contributed by atoms with Crippen LogP contribution in [0, 0.1) is 22.6 Å². The quantitative estimate of drug-likeness (QED) is 0.922. The first-order chi connectivity index (χ1) is 9.52. The molecule has 1 unspecified atom stereocenters. The molecule has 1 fully saturated rings. The molecular weight excluding hydrogens is 259 g/mol. The predicted molar refractivity (Wildman–Crippen MR) is 72.9 cm³/mol. The van der Waals surface area contributed by atoms with Gasteiger partial charge in [-0.2, -0.15) is 5.26 Å². The smallest absolute Gasteiger partial charge is 0.311 e. The van der Waals surface area contributed by atoms with Crippen molar-refractivity contribution in [1.82, 2.24) is 0 Å². The molecule has 1 atom stereocenters. The molecule has 0 spiro atoms. The summed E-state index contributed by atoms with van der Waals surface area (Å²) in [5, 5.41) is 18.2. The van der Waals surface area contributed by atoms with Crippen molar-refractivity contribution < 1.29 is 14.3 Å². The number of aliphatic carboxylic acids is 1. The van der Waals surface area contributed by atoms with Crippen LogP contribution in [0.4, 0.5) is 10.1 Å². The molecular formula is C15H17FN2O2. The Morgan fingerprint density at radius 3 is 2.90 bits per heavy atom. The first-order valence-corrected chi connectivity index (χ1v) is 6.70. The van der Waals surface area contributed by atoms with E-state index in [9.17, 15) is 14.3 Å². The SMILES string of the molecule is CCC1(C(=O)O)CCCN(c2ccc(C#N)cc2F)C1. The van der Waals surface area contributed by atoms with E-state index >= 15 is 0 Å². The highest BCUT2D eigenvalue weighted by Crippen LogP contribution is 2.36. The van der Waals surface area contributed by atoms with Crippen LogP contribution in [0.2, 0.25) is 0 Å². The molecule has 1 aliphatic heterocycles. The van der Waals surface area contributed by atoms with Crippen LogP contribution in [0.25, 0.3) is 0 Å². The molecule has 0 aliphatic carbocycles. The molecule has 5 heteroatoms. The van der Waals surface area contributed by atoms with Crippen molar-refractivity contribution in [2.24, 2.45) is 5.41 Å². The number of carboxylic acid groups (broad SMARTS) is 1. The standard InChI is InChI=1S/C15H17FN2O2/c1-2-15(14(19)20)6-3-7-18(10-15)13-5-4-11(9-17)8-12(13)16/h4-5,8H,2-3,6-7,10H2,1H3,(H,19,20). The van der Waals surface area contributed by atoms with Crippen molar-refractivity contribution in [2.75, 3.05) is 18.0 Å². The number of carbonyl (C=O) groups is 1. The summed E-state index contributed by atoms with van der Waals surface area (Å²) in [6.45, 7) is 2.80. The van der Waals surface area contributed by atoms with E-state index in [1.54, 1.807) is 17.0 Å². The van der Waals surface area contributed by atoms with Crippen molar-refractivity contribution in [2.45, 2.75) is 26.2 Å². The van der Waals surface area contributed by atoms with Crippen LogP contribution in [-0.2, 0) is 4.79 Å². The Bertz CT molecular complexity index is 567. The van der Waals surface area contributed by atoms with Gasteiger partial charge in [0, 0.05) is 13.1 Å². The van der Waals surface area contributed by atoms with Gasteiger partial charge in [-0.05, 0) is 37.5 Å². The van der Waals surface area contributed by atoms with Gasteiger partial charge in [-0.3, -0.25) is 4.79 Å². The lowest BCUT2D eigenvalue weighted by Gasteiger charge is -2.40. The molecule has 0 amide bonds. The lowest BCUT2D eigenvalue weighted by atomic mass is 9.77. The second kappa shape index (κ2) is 5.49. The van der Waals surface area contributed by atoms with Gasteiger partial charge in [0.1, 0.15) is 5.82 Å². The molecule has 0 bridgehead atoms. The average molecular weight is 276 g/mol. The molecule has 0 aromatic heterocycles. The lowest BCUT2D eigenvalue weighted by molar-refractivity contribution is -0.149. The third kappa shape index (κ3) is 2.46. The minimum Gasteiger partial charge on any atom is -0.481 e. The van der Waals surface area contributed by atoms with E-state index in [-0.39, 0.29) is 5.56 Å². The molecule has 106 valence electrons. The second-order valence-corrected chi connectivity index (χ2v) is 5.24. The fraction of sp³-hybridized carbons (Fsp3) is 0.467. The van der Waals surface area contributed by atoms with Crippen LogP contribution < -0.4 is 4.90 Å². The minimum atomic E-state index is -0.821. The largest absolute Gasteiger partial charge is 0.481 e. The van der Waals surface area contributed by atoms with Gasteiger partial charge >= 0.3 is 5.97 Å². The molecule has 1 N–H and O–H groups in total. The number of anilines is 1. The number of benzene rings is 1. The van der Waals surface area contributed by atoms with E-state index < -0.39 is 17.2 Å². The van der Waals surface area contributed by atoms with Crippen LogP contribution in [0.3, 0.4) is 0 Å². The summed E-state index contributed by atoms with van der Waals surface area (Å²) >= 11 is 0. The number of halogens is 1. The van der Waals surface area contributed by atoms with E-state index in [1.807, 2.05) is 13.0 Å². The Morgan fingerprint density at radius 2 is 2.35 bits per heavy atom. The summed E-state index contributed by atoms with van der Waals surface area (Å²) in [6, 6.07) is 6.20. The summed E-state index contributed by atoms with van der Waals surface area (Å²) in [6.07, 6.45) is 1.86. The number of carboxylic acids is 1. The van der Waals surface area contributed by atoms with Crippen LogP contribution in [0.1, 0.15) is 31.7 Å². The molecule has 1 aromatic rings. The van der Waals surface area contributed by atoms with E-state index in [2.05, 4.69) is 0 Å². The number of hydrogen-bond donors (Lipinski definition) is 1. The molecule has 0 saturated carbocycles. The number of piperidine rings is 1. The first-order valence-electron chi connectivity index (χ1n) is 6.70. The zero-order chi connectivity index (χ0) is 14.8. The average Bonchev–Trinajstić information content (AvgIpc) is 2.46. The summed E-state index contributed by atoms with van der Waals surface area (Å²) < 4.78 is 14.0. The van der Waals surface area contributed by atoms with Gasteiger partial charge in [0.2, 0.25) is 0 Å². The van der Waals surface area contributed by atoms with Crippen LogP contribution in [0.5, 0.6) is 0 Å². The monoisotopic (exact) mass is 276 g/mol. The zero-order valence-corrected chi connectivity index (χ0v) is 11.4. The first kappa shape index (κ1) is 14.3. The van der Waals surface area contributed by atoms with Gasteiger partial charge in [-0.15, -0.1) is 0 Å². The van der Waals surface area contributed by atoms with E-state index in [1.165, 1.54) is 6.07 Å². The maximum atomic E-state index is 14.0. The fourth-order valence-electron chi connectivity index (χ4n) is 2.78. The van der Waals surface area contributed by atoms with Gasteiger partial charge < -0.3 is 10.0 Å². The molecule has 4 nitrogen and oxygen atoms in total. The maximum absolute atomic E-state index is 14.0. The molecule has 1 aliphatic rings. The predicted octanol–water partition coefficient (Wildman–Crippen LogP) is 2.78.